The van der Waals surface area contributed by atoms with E-state index in [0.717, 1.165) is 19.3 Å². The van der Waals surface area contributed by atoms with Crippen molar-refractivity contribution in [3.05, 3.63) is 0 Å². The molecule has 2 saturated carbocycles. The first-order valence-corrected chi connectivity index (χ1v) is 6.18. The second kappa shape index (κ2) is 4.94. The van der Waals surface area contributed by atoms with Gasteiger partial charge < -0.3 is 14.8 Å². The maximum Gasteiger partial charge on any atom is 0.407 e. The van der Waals surface area contributed by atoms with Crippen LogP contribution in [0.3, 0.4) is 0 Å². The minimum atomic E-state index is -0.432. The van der Waals surface area contributed by atoms with Gasteiger partial charge in [-0.25, -0.2) is 4.79 Å². The van der Waals surface area contributed by atoms with Crippen LogP contribution in [0.5, 0.6) is 0 Å². The molecule has 2 fully saturated rings. The van der Waals surface area contributed by atoms with Gasteiger partial charge in [0.05, 0.1) is 19.6 Å². The van der Waals surface area contributed by atoms with Crippen molar-refractivity contribution in [2.24, 2.45) is 17.8 Å². The second-order valence-corrected chi connectivity index (χ2v) is 4.77. The maximum atomic E-state index is 11.7. The van der Waals surface area contributed by atoms with E-state index in [1.54, 1.807) is 6.92 Å². The van der Waals surface area contributed by atoms with Gasteiger partial charge in [-0.3, -0.25) is 4.79 Å². The van der Waals surface area contributed by atoms with Crippen molar-refractivity contribution in [3.8, 4) is 0 Å². The Morgan fingerprint density at radius 3 is 2.65 bits per heavy atom. The summed E-state index contributed by atoms with van der Waals surface area (Å²) >= 11 is 0. The second-order valence-electron chi connectivity index (χ2n) is 4.77. The Hall–Kier alpha value is -1.26. The molecule has 1 amide bonds. The van der Waals surface area contributed by atoms with Crippen LogP contribution in [0.15, 0.2) is 0 Å². The number of carbonyl (C=O) groups excluding carboxylic acids is 2. The molecule has 96 valence electrons. The average Bonchev–Trinajstić information content (AvgIpc) is 2.89. The molecule has 2 rings (SSSR count). The molecule has 0 aromatic carbocycles. The summed E-state index contributed by atoms with van der Waals surface area (Å²) in [5.41, 5.74) is 0. The molecule has 5 heteroatoms. The summed E-state index contributed by atoms with van der Waals surface area (Å²) in [6, 6.07) is -0.111. The zero-order valence-corrected chi connectivity index (χ0v) is 10.3. The van der Waals surface area contributed by atoms with Crippen LogP contribution in [0.2, 0.25) is 0 Å². The lowest BCUT2D eigenvalue weighted by Crippen LogP contribution is -2.47. The van der Waals surface area contributed by atoms with Gasteiger partial charge in [0.25, 0.3) is 0 Å². The number of ether oxygens (including phenoxy) is 2. The number of methoxy groups -OCH3 is 1. The van der Waals surface area contributed by atoms with Gasteiger partial charge in [-0.05, 0) is 38.0 Å². The maximum absolute atomic E-state index is 11.7. The number of carbonyl (C=O) groups is 2. The first kappa shape index (κ1) is 12.2. The number of hydrogen-bond acceptors (Lipinski definition) is 4. The zero-order chi connectivity index (χ0) is 12.4. The molecule has 2 bridgehead atoms. The monoisotopic (exact) mass is 241 g/mol. The number of alkyl carbamates (subject to hydrolysis) is 1. The Bertz CT molecular complexity index is 318. The van der Waals surface area contributed by atoms with Gasteiger partial charge in [0.15, 0.2) is 0 Å². The Balaban J connectivity index is 2.03. The summed E-state index contributed by atoms with van der Waals surface area (Å²) in [7, 11) is 1.40. The largest absolute Gasteiger partial charge is 0.469 e. The van der Waals surface area contributed by atoms with Crippen molar-refractivity contribution in [1.82, 2.24) is 5.32 Å². The lowest BCUT2D eigenvalue weighted by Gasteiger charge is -2.29. The normalized spacial score (nSPS) is 34.5. The highest BCUT2D eigenvalue weighted by atomic mass is 16.5. The highest BCUT2D eigenvalue weighted by Crippen LogP contribution is 2.48. The fourth-order valence-electron chi connectivity index (χ4n) is 3.28. The fraction of sp³-hybridized carbons (Fsp3) is 0.833. The van der Waals surface area contributed by atoms with Crippen LogP contribution in [0, 0.1) is 17.8 Å². The average molecular weight is 241 g/mol. The molecular formula is C12H19NO4. The SMILES string of the molecule is CCOC(=O)NC1C2CCC(C2)C1C(=O)OC. The van der Waals surface area contributed by atoms with Crippen LogP contribution >= 0.6 is 0 Å². The van der Waals surface area contributed by atoms with E-state index in [4.69, 9.17) is 9.47 Å². The topological polar surface area (TPSA) is 64.6 Å². The van der Waals surface area contributed by atoms with Crippen molar-refractivity contribution in [2.45, 2.75) is 32.2 Å². The summed E-state index contributed by atoms with van der Waals surface area (Å²) in [5.74, 6) is 0.357. The molecular weight excluding hydrogens is 222 g/mol. The lowest BCUT2D eigenvalue weighted by molar-refractivity contribution is -0.148. The molecule has 0 heterocycles. The number of amides is 1. The molecule has 0 aromatic rings. The highest BCUT2D eigenvalue weighted by Gasteiger charge is 2.52. The van der Waals surface area contributed by atoms with Crippen molar-refractivity contribution >= 4 is 12.1 Å². The van der Waals surface area contributed by atoms with E-state index in [-0.39, 0.29) is 17.9 Å². The van der Waals surface area contributed by atoms with E-state index >= 15 is 0 Å². The smallest absolute Gasteiger partial charge is 0.407 e. The van der Waals surface area contributed by atoms with Crippen LogP contribution in [0.4, 0.5) is 4.79 Å². The molecule has 2 aliphatic carbocycles. The third-order valence-corrected chi connectivity index (χ3v) is 3.95. The molecule has 5 nitrogen and oxygen atoms in total. The molecule has 0 aliphatic heterocycles. The van der Waals surface area contributed by atoms with Gasteiger partial charge >= 0.3 is 12.1 Å². The summed E-state index contributed by atoms with van der Waals surface area (Å²) in [6.45, 7) is 2.10. The van der Waals surface area contributed by atoms with E-state index in [1.165, 1.54) is 7.11 Å². The Morgan fingerprint density at radius 1 is 1.29 bits per heavy atom. The first-order valence-electron chi connectivity index (χ1n) is 6.18. The lowest BCUT2D eigenvalue weighted by atomic mass is 9.84. The summed E-state index contributed by atoms with van der Waals surface area (Å²) in [4.78, 5) is 23.2. The van der Waals surface area contributed by atoms with Crippen LogP contribution in [0.1, 0.15) is 26.2 Å². The molecule has 0 aromatic heterocycles. The van der Waals surface area contributed by atoms with Crippen LogP contribution in [-0.2, 0) is 14.3 Å². The van der Waals surface area contributed by atoms with Crippen molar-refractivity contribution in [2.75, 3.05) is 13.7 Å². The number of rotatable bonds is 3. The summed E-state index contributed by atoms with van der Waals surface area (Å²) in [6.07, 6.45) is 2.72. The quantitative estimate of drug-likeness (QED) is 0.757. The van der Waals surface area contributed by atoms with Crippen LogP contribution in [-0.4, -0.2) is 31.8 Å². The number of nitrogens with one attached hydrogen (secondary N) is 1. The highest BCUT2D eigenvalue weighted by molar-refractivity contribution is 5.76. The zero-order valence-electron chi connectivity index (χ0n) is 10.3. The van der Waals surface area contributed by atoms with Crippen LogP contribution in [0.25, 0.3) is 0 Å². The van der Waals surface area contributed by atoms with Gasteiger partial charge in [-0.15, -0.1) is 0 Å². The molecule has 0 radical (unpaired) electrons. The number of fused-ring (bicyclic) bond motifs is 2. The van der Waals surface area contributed by atoms with Gasteiger partial charge in [-0.2, -0.15) is 0 Å². The third-order valence-electron chi connectivity index (χ3n) is 3.95. The van der Waals surface area contributed by atoms with Crippen LogP contribution < -0.4 is 5.32 Å². The van der Waals surface area contributed by atoms with Crippen molar-refractivity contribution in [1.29, 1.82) is 0 Å². The van der Waals surface area contributed by atoms with E-state index < -0.39 is 6.09 Å². The third kappa shape index (κ3) is 2.23. The van der Waals surface area contributed by atoms with E-state index in [9.17, 15) is 9.59 Å². The standard InChI is InChI=1S/C12H19NO4/c1-3-17-12(15)13-10-8-5-4-7(6-8)9(10)11(14)16-2/h7-10H,3-6H2,1-2H3,(H,13,15). The summed E-state index contributed by atoms with van der Waals surface area (Å²) < 4.78 is 9.70. The van der Waals surface area contributed by atoms with Gasteiger partial charge in [-0.1, -0.05) is 0 Å². The van der Waals surface area contributed by atoms with Gasteiger partial charge in [0.1, 0.15) is 0 Å². The minimum absolute atomic E-state index is 0.111. The number of esters is 1. The van der Waals surface area contributed by atoms with E-state index in [2.05, 4.69) is 5.32 Å². The Morgan fingerprint density at radius 2 is 2.00 bits per heavy atom. The van der Waals surface area contributed by atoms with E-state index in [1.807, 2.05) is 0 Å². The molecule has 2 aliphatic rings. The fourth-order valence-corrected chi connectivity index (χ4v) is 3.28. The predicted molar refractivity (Wildman–Crippen MR) is 60.3 cm³/mol. The van der Waals surface area contributed by atoms with Crippen molar-refractivity contribution < 1.29 is 19.1 Å². The summed E-state index contributed by atoms with van der Waals surface area (Å²) in [5, 5.41) is 2.81. The van der Waals surface area contributed by atoms with Gasteiger partial charge in [0.2, 0.25) is 0 Å². The Kier molecular flexibility index (Phi) is 3.54. The Labute approximate surface area is 101 Å². The predicted octanol–water partition coefficient (Wildman–Crippen LogP) is 1.32. The first-order chi connectivity index (χ1) is 8.17. The molecule has 1 N–H and O–H groups in total. The van der Waals surface area contributed by atoms with E-state index in [0.29, 0.717) is 18.4 Å². The molecule has 0 saturated heterocycles. The molecule has 17 heavy (non-hydrogen) atoms. The molecule has 4 atom stereocenters. The minimum Gasteiger partial charge on any atom is -0.469 e. The van der Waals surface area contributed by atoms with Crippen molar-refractivity contribution in [3.63, 3.8) is 0 Å². The molecule has 0 spiro atoms. The molecule has 4 unspecified atom stereocenters. The number of hydrogen-bond donors (Lipinski definition) is 1. The van der Waals surface area contributed by atoms with Gasteiger partial charge in [0, 0.05) is 6.04 Å².